The van der Waals surface area contributed by atoms with Crippen molar-refractivity contribution in [1.82, 2.24) is 15.1 Å². The van der Waals surface area contributed by atoms with Gasteiger partial charge in [-0.3, -0.25) is 14.4 Å². The SMILES string of the molecule is O=C(CN1CN(c2ccccc2)C2(CCN(C(=O)CCC3CCCC3)CC2)C1=O)NC1CC1. The van der Waals surface area contributed by atoms with Crippen LogP contribution in [0.1, 0.15) is 64.2 Å². The fraction of sp³-hybridized carbons (Fsp3) is 0.654. The smallest absolute Gasteiger partial charge is 0.250 e. The molecule has 1 N–H and O–H groups in total. The monoisotopic (exact) mass is 452 g/mol. The standard InChI is InChI=1S/C26H36N4O3/c31-23(27-21-11-12-21)18-29-19-30(22-8-2-1-3-9-22)26(25(29)33)14-16-28(17-15-26)24(32)13-10-20-6-4-5-7-20/h1-3,8-9,20-21H,4-7,10-19H2,(H,27,31). The maximum Gasteiger partial charge on any atom is 0.250 e. The van der Waals surface area contributed by atoms with Crippen LogP contribution >= 0.6 is 0 Å². The van der Waals surface area contributed by atoms with E-state index in [9.17, 15) is 14.4 Å². The van der Waals surface area contributed by atoms with Gasteiger partial charge in [0.2, 0.25) is 11.8 Å². The number of nitrogens with zero attached hydrogens (tertiary/aromatic N) is 3. The summed E-state index contributed by atoms with van der Waals surface area (Å²) in [4.78, 5) is 44.8. The number of rotatable bonds is 7. The lowest BCUT2D eigenvalue weighted by atomic mass is 9.85. The number of para-hydroxylation sites is 1. The second-order valence-electron chi connectivity index (χ2n) is 10.4. The van der Waals surface area contributed by atoms with Crippen LogP contribution in [0.15, 0.2) is 30.3 Å². The van der Waals surface area contributed by atoms with Crippen LogP contribution in [0.2, 0.25) is 0 Å². The molecule has 178 valence electrons. The number of likely N-dealkylation sites (tertiary alicyclic amines) is 1. The molecule has 0 aromatic heterocycles. The number of hydrogen-bond acceptors (Lipinski definition) is 4. The molecule has 4 aliphatic rings. The van der Waals surface area contributed by atoms with Gasteiger partial charge in [-0.25, -0.2) is 0 Å². The van der Waals surface area contributed by atoms with Gasteiger partial charge in [-0.05, 0) is 50.2 Å². The fourth-order valence-electron chi connectivity index (χ4n) is 5.91. The van der Waals surface area contributed by atoms with E-state index in [0.717, 1.165) is 24.9 Å². The molecule has 7 nitrogen and oxygen atoms in total. The maximum absolute atomic E-state index is 13.7. The van der Waals surface area contributed by atoms with Gasteiger partial charge in [0, 0.05) is 31.2 Å². The van der Waals surface area contributed by atoms with E-state index in [1.807, 2.05) is 35.2 Å². The zero-order valence-corrected chi connectivity index (χ0v) is 19.5. The van der Waals surface area contributed by atoms with E-state index in [4.69, 9.17) is 0 Å². The molecule has 0 atom stereocenters. The lowest BCUT2D eigenvalue weighted by molar-refractivity contribution is -0.140. The van der Waals surface area contributed by atoms with Crippen LogP contribution in [0, 0.1) is 5.92 Å². The highest BCUT2D eigenvalue weighted by molar-refractivity contribution is 5.96. The molecule has 2 saturated carbocycles. The van der Waals surface area contributed by atoms with E-state index < -0.39 is 5.54 Å². The fourth-order valence-corrected chi connectivity index (χ4v) is 5.91. The number of carbonyl (C=O) groups excluding carboxylic acids is 3. The lowest BCUT2D eigenvalue weighted by Gasteiger charge is -2.43. The summed E-state index contributed by atoms with van der Waals surface area (Å²) >= 11 is 0. The zero-order chi connectivity index (χ0) is 22.8. The van der Waals surface area contributed by atoms with Crippen molar-refractivity contribution in [2.24, 2.45) is 5.92 Å². The van der Waals surface area contributed by atoms with Crippen molar-refractivity contribution in [3.8, 4) is 0 Å². The van der Waals surface area contributed by atoms with Gasteiger partial charge in [0.1, 0.15) is 12.1 Å². The molecule has 1 aromatic carbocycles. The number of benzene rings is 1. The molecular weight excluding hydrogens is 416 g/mol. The van der Waals surface area contributed by atoms with Gasteiger partial charge >= 0.3 is 0 Å². The first-order valence-corrected chi connectivity index (χ1v) is 12.7. The van der Waals surface area contributed by atoms with Crippen molar-refractivity contribution in [2.45, 2.75) is 75.8 Å². The molecule has 2 heterocycles. The summed E-state index contributed by atoms with van der Waals surface area (Å²) in [5.74, 6) is 0.894. The third-order valence-corrected chi connectivity index (χ3v) is 8.04. The third kappa shape index (κ3) is 4.73. The highest BCUT2D eigenvalue weighted by Crippen LogP contribution is 2.39. The predicted molar refractivity (Wildman–Crippen MR) is 126 cm³/mol. The van der Waals surface area contributed by atoms with Crippen LogP contribution in [0.3, 0.4) is 0 Å². The second-order valence-corrected chi connectivity index (χ2v) is 10.4. The molecule has 4 fully saturated rings. The first-order chi connectivity index (χ1) is 16.0. The van der Waals surface area contributed by atoms with Gasteiger partial charge in [-0.15, -0.1) is 0 Å². The van der Waals surface area contributed by atoms with Crippen LogP contribution in [0.4, 0.5) is 5.69 Å². The molecule has 2 aliphatic heterocycles. The predicted octanol–water partition coefficient (Wildman–Crippen LogP) is 2.90. The van der Waals surface area contributed by atoms with Crippen molar-refractivity contribution in [3.05, 3.63) is 30.3 Å². The summed E-state index contributed by atoms with van der Waals surface area (Å²) in [5, 5.41) is 3.00. The molecule has 2 aliphatic carbocycles. The number of hydrogen-bond donors (Lipinski definition) is 1. The first kappa shape index (κ1) is 22.2. The Balaban J connectivity index is 1.26. The Hall–Kier alpha value is -2.57. The number of piperidine rings is 1. The average molecular weight is 453 g/mol. The Morgan fingerprint density at radius 1 is 1.00 bits per heavy atom. The van der Waals surface area contributed by atoms with Crippen LogP contribution in [0.5, 0.6) is 0 Å². The van der Waals surface area contributed by atoms with Crippen LogP contribution in [0.25, 0.3) is 0 Å². The van der Waals surface area contributed by atoms with E-state index in [2.05, 4.69) is 10.2 Å². The largest absolute Gasteiger partial charge is 0.352 e. The van der Waals surface area contributed by atoms with E-state index in [1.54, 1.807) is 4.90 Å². The van der Waals surface area contributed by atoms with Crippen molar-refractivity contribution in [1.29, 1.82) is 0 Å². The molecule has 0 unspecified atom stereocenters. The number of carbonyl (C=O) groups is 3. The zero-order valence-electron chi connectivity index (χ0n) is 19.5. The normalized spacial score (nSPS) is 22.9. The Morgan fingerprint density at radius 2 is 1.70 bits per heavy atom. The van der Waals surface area contributed by atoms with Crippen molar-refractivity contribution in [2.75, 3.05) is 31.2 Å². The molecular formula is C26H36N4O3. The minimum Gasteiger partial charge on any atom is -0.352 e. The van der Waals surface area contributed by atoms with Gasteiger partial charge < -0.3 is 20.0 Å². The quantitative estimate of drug-likeness (QED) is 0.691. The van der Waals surface area contributed by atoms with Crippen LogP contribution < -0.4 is 10.2 Å². The Bertz CT molecular complexity index is 871. The van der Waals surface area contributed by atoms with Crippen molar-refractivity contribution < 1.29 is 14.4 Å². The molecule has 2 saturated heterocycles. The van der Waals surface area contributed by atoms with Crippen LogP contribution in [-0.2, 0) is 14.4 Å². The molecule has 3 amide bonds. The average Bonchev–Trinajstić information content (AvgIpc) is 3.41. The Morgan fingerprint density at radius 3 is 2.36 bits per heavy atom. The molecule has 1 spiro atoms. The number of amides is 3. The van der Waals surface area contributed by atoms with E-state index in [1.165, 1.54) is 25.7 Å². The van der Waals surface area contributed by atoms with Gasteiger partial charge in [-0.2, -0.15) is 0 Å². The van der Waals surface area contributed by atoms with E-state index in [0.29, 0.717) is 44.9 Å². The minimum absolute atomic E-state index is 0.0235. The molecule has 0 bridgehead atoms. The number of nitrogens with one attached hydrogen (secondary N) is 1. The summed E-state index contributed by atoms with van der Waals surface area (Å²) in [7, 11) is 0. The highest BCUT2D eigenvalue weighted by Gasteiger charge is 2.54. The van der Waals surface area contributed by atoms with E-state index in [-0.39, 0.29) is 30.3 Å². The van der Waals surface area contributed by atoms with Crippen molar-refractivity contribution >= 4 is 23.4 Å². The van der Waals surface area contributed by atoms with Gasteiger partial charge in [0.15, 0.2) is 0 Å². The summed E-state index contributed by atoms with van der Waals surface area (Å²) < 4.78 is 0. The second kappa shape index (κ2) is 9.35. The topological polar surface area (TPSA) is 73.0 Å². The van der Waals surface area contributed by atoms with E-state index >= 15 is 0 Å². The number of anilines is 1. The Labute approximate surface area is 196 Å². The lowest BCUT2D eigenvalue weighted by Crippen LogP contribution is -2.57. The highest BCUT2D eigenvalue weighted by atomic mass is 16.2. The summed E-state index contributed by atoms with van der Waals surface area (Å²) in [6.45, 7) is 1.71. The van der Waals surface area contributed by atoms with Gasteiger partial charge in [-0.1, -0.05) is 43.9 Å². The summed E-state index contributed by atoms with van der Waals surface area (Å²) in [5.41, 5.74) is 0.320. The minimum atomic E-state index is -0.677. The first-order valence-electron chi connectivity index (χ1n) is 12.7. The molecule has 7 heteroatoms. The summed E-state index contributed by atoms with van der Waals surface area (Å²) in [6.07, 6.45) is 10.0. The summed E-state index contributed by atoms with van der Waals surface area (Å²) in [6, 6.07) is 10.3. The van der Waals surface area contributed by atoms with Gasteiger partial charge in [0.25, 0.3) is 5.91 Å². The van der Waals surface area contributed by atoms with Crippen molar-refractivity contribution in [3.63, 3.8) is 0 Å². The molecule has 1 aromatic rings. The third-order valence-electron chi connectivity index (χ3n) is 8.04. The Kier molecular flexibility index (Phi) is 6.30. The molecule has 33 heavy (non-hydrogen) atoms. The van der Waals surface area contributed by atoms with Gasteiger partial charge in [0.05, 0.1) is 6.67 Å². The molecule has 5 rings (SSSR count). The van der Waals surface area contributed by atoms with Crippen LogP contribution in [-0.4, -0.2) is 65.4 Å². The molecule has 0 radical (unpaired) electrons. The maximum atomic E-state index is 13.7.